The first-order chi connectivity index (χ1) is 14.6. The van der Waals surface area contributed by atoms with Crippen molar-refractivity contribution in [3.63, 3.8) is 0 Å². The van der Waals surface area contributed by atoms with E-state index in [4.69, 9.17) is 14.2 Å². The monoisotopic (exact) mass is 411 g/mol. The van der Waals surface area contributed by atoms with E-state index in [-0.39, 0.29) is 5.91 Å². The molecule has 2 aromatic rings. The molecule has 0 bridgehead atoms. The van der Waals surface area contributed by atoms with E-state index in [0.717, 1.165) is 30.8 Å². The lowest BCUT2D eigenvalue weighted by molar-refractivity contribution is -0.910. The summed E-state index contributed by atoms with van der Waals surface area (Å²) in [6, 6.07) is 12.1. The van der Waals surface area contributed by atoms with Crippen molar-refractivity contribution in [3.8, 4) is 17.2 Å². The van der Waals surface area contributed by atoms with Crippen molar-refractivity contribution in [2.24, 2.45) is 0 Å². The first kappa shape index (κ1) is 21.7. The molecule has 6 heteroatoms. The summed E-state index contributed by atoms with van der Waals surface area (Å²) in [5.74, 6) is 1.68. The molecular formula is C24H31N2O4+. The quantitative estimate of drug-likeness (QED) is 0.622. The molecule has 1 amide bonds. The molecule has 1 heterocycles. The summed E-state index contributed by atoms with van der Waals surface area (Å²) in [5.41, 5.74) is 3.21. The van der Waals surface area contributed by atoms with Gasteiger partial charge in [-0.1, -0.05) is 24.3 Å². The Balaban J connectivity index is 1.55. The summed E-state index contributed by atoms with van der Waals surface area (Å²) in [5, 5.41) is 2.92. The van der Waals surface area contributed by atoms with Gasteiger partial charge in [-0.15, -0.1) is 0 Å². The summed E-state index contributed by atoms with van der Waals surface area (Å²) in [7, 11) is 1.59. The third-order valence-corrected chi connectivity index (χ3v) is 5.22. The second-order valence-electron chi connectivity index (χ2n) is 7.25. The summed E-state index contributed by atoms with van der Waals surface area (Å²) in [4.78, 5) is 13.8. The van der Waals surface area contributed by atoms with Gasteiger partial charge in [0.05, 0.1) is 20.2 Å². The van der Waals surface area contributed by atoms with Crippen LogP contribution in [-0.2, 0) is 17.9 Å². The largest absolute Gasteiger partial charge is 0.493 e. The third-order valence-electron chi connectivity index (χ3n) is 5.22. The first-order valence-corrected chi connectivity index (χ1v) is 10.5. The maximum absolute atomic E-state index is 12.2. The number of hydrogen-bond donors (Lipinski definition) is 2. The van der Waals surface area contributed by atoms with E-state index in [1.807, 2.05) is 12.1 Å². The Hall–Kier alpha value is -2.99. The van der Waals surface area contributed by atoms with Gasteiger partial charge in [-0.2, -0.15) is 0 Å². The van der Waals surface area contributed by atoms with Crippen molar-refractivity contribution in [3.05, 3.63) is 59.2 Å². The molecule has 0 saturated heterocycles. The maximum atomic E-state index is 12.2. The van der Waals surface area contributed by atoms with Crippen molar-refractivity contribution in [2.45, 2.75) is 26.9 Å². The van der Waals surface area contributed by atoms with Crippen molar-refractivity contribution < 1.29 is 23.9 Å². The number of quaternary nitrogens is 1. The van der Waals surface area contributed by atoms with E-state index in [1.165, 1.54) is 11.6 Å². The zero-order valence-corrected chi connectivity index (χ0v) is 18.0. The molecule has 0 aromatic heterocycles. The van der Waals surface area contributed by atoms with Gasteiger partial charge in [-0.05, 0) is 43.2 Å². The van der Waals surface area contributed by atoms with Crippen LogP contribution in [0.15, 0.2) is 42.5 Å². The fourth-order valence-corrected chi connectivity index (χ4v) is 3.37. The molecule has 0 unspecified atom stereocenters. The van der Waals surface area contributed by atoms with E-state index in [1.54, 1.807) is 18.1 Å². The molecule has 6 nitrogen and oxygen atoms in total. The molecule has 0 aliphatic carbocycles. The van der Waals surface area contributed by atoms with Crippen LogP contribution in [0.1, 0.15) is 30.5 Å². The molecule has 0 atom stereocenters. The molecular weight excluding hydrogens is 380 g/mol. The zero-order valence-electron chi connectivity index (χ0n) is 18.0. The van der Waals surface area contributed by atoms with Crippen LogP contribution >= 0.6 is 0 Å². The summed E-state index contributed by atoms with van der Waals surface area (Å²) >= 11 is 0. The third kappa shape index (κ3) is 5.76. The van der Waals surface area contributed by atoms with Crippen LogP contribution in [0, 0.1) is 0 Å². The first-order valence-electron chi connectivity index (χ1n) is 10.5. The lowest BCUT2D eigenvalue weighted by atomic mass is 10.1. The van der Waals surface area contributed by atoms with Gasteiger partial charge in [-0.25, -0.2) is 0 Å². The fraction of sp³-hybridized carbons (Fsp3) is 0.375. The molecule has 2 aromatic carbocycles. The number of methoxy groups -OCH3 is 1. The molecule has 0 fully saturated rings. The summed E-state index contributed by atoms with van der Waals surface area (Å²) in [6.07, 6.45) is 3.26. The van der Waals surface area contributed by atoms with Crippen LogP contribution in [0.4, 0.5) is 0 Å². The summed E-state index contributed by atoms with van der Waals surface area (Å²) < 4.78 is 16.6. The van der Waals surface area contributed by atoms with Gasteiger partial charge in [0.2, 0.25) is 11.7 Å². The Kier molecular flexibility index (Phi) is 7.74. The summed E-state index contributed by atoms with van der Waals surface area (Å²) in [6.45, 7) is 9.17. The molecule has 3 rings (SSSR count). The van der Waals surface area contributed by atoms with Crippen LogP contribution in [0.3, 0.4) is 0 Å². The number of carbonyl (C=O) groups is 1. The van der Waals surface area contributed by atoms with Gasteiger partial charge in [-0.3, -0.25) is 4.79 Å². The van der Waals surface area contributed by atoms with E-state index < -0.39 is 0 Å². The van der Waals surface area contributed by atoms with Crippen LogP contribution < -0.4 is 24.4 Å². The van der Waals surface area contributed by atoms with Crippen molar-refractivity contribution in [2.75, 3.05) is 33.4 Å². The molecule has 0 saturated carbocycles. The number of nitrogens with one attached hydrogen (secondary N) is 2. The van der Waals surface area contributed by atoms with Crippen LogP contribution in [0.5, 0.6) is 17.2 Å². The smallest absolute Gasteiger partial charge is 0.244 e. The predicted molar refractivity (Wildman–Crippen MR) is 117 cm³/mol. The van der Waals surface area contributed by atoms with Gasteiger partial charge in [0.25, 0.3) is 0 Å². The van der Waals surface area contributed by atoms with Gasteiger partial charge < -0.3 is 24.4 Å². The molecule has 2 N–H and O–H groups in total. The maximum Gasteiger partial charge on any atom is 0.244 e. The molecule has 0 spiro atoms. The van der Waals surface area contributed by atoms with Crippen LogP contribution in [-0.4, -0.2) is 39.3 Å². The number of rotatable bonds is 9. The van der Waals surface area contributed by atoms with E-state index >= 15 is 0 Å². The standard InChI is InChI=1S/C24H30N2O4/c1-4-26(5-2)17-19-8-6-18(7-9-19)16-25-23(27)11-10-20-14-21(28-3)24-22(15-20)29-12-13-30-24/h6-11,14-15H,4-5,12-13,16-17H2,1-3H3,(H,25,27)/p+1/b11-10+. The highest BCUT2D eigenvalue weighted by Crippen LogP contribution is 2.40. The zero-order chi connectivity index (χ0) is 21.3. The number of amides is 1. The second kappa shape index (κ2) is 10.7. The molecule has 30 heavy (non-hydrogen) atoms. The fourth-order valence-electron chi connectivity index (χ4n) is 3.37. The van der Waals surface area contributed by atoms with Gasteiger partial charge >= 0.3 is 0 Å². The van der Waals surface area contributed by atoms with Crippen molar-refractivity contribution in [1.29, 1.82) is 0 Å². The Morgan fingerprint density at radius 3 is 2.50 bits per heavy atom. The van der Waals surface area contributed by atoms with Gasteiger partial charge in [0, 0.05) is 18.2 Å². The lowest BCUT2D eigenvalue weighted by Crippen LogP contribution is -3.10. The van der Waals surface area contributed by atoms with Crippen LogP contribution in [0.2, 0.25) is 0 Å². The average molecular weight is 412 g/mol. The Bertz CT molecular complexity index is 856. The Morgan fingerprint density at radius 1 is 1.10 bits per heavy atom. The van der Waals surface area contributed by atoms with Gasteiger partial charge in [0.1, 0.15) is 19.8 Å². The molecule has 0 radical (unpaired) electrons. The van der Waals surface area contributed by atoms with Crippen LogP contribution in [0.25, 0.3) is 6.08 Å². The van der Waals surface area contributed by atoms with E-state index in [2.05, 4.69) is 43.4 Å². The van der Waals surface area contributed by atoms with E-state index in [9.17, 15) is 4.79 Å². The molecule has 160 valence electrons. The lowest BCUT2D eigenvalue weighted by Gasteiger charge is -2.20. The normalized spacial score (nSPS) is 12.9. The number of ether oxygens (including phenoxy) is 3. The number of hydrogen-bond acceptors (Lipinski definition) is 4. The Labute approximate surface area is 178 Å². The average Bonchev–Trinajstić information content (AvgIpc) is 2.80. The minimum Gasteiger partial charge on any atom is -0.493 e. The topological polar surface area (TPSA) is 61.2 Å². The highest BCUT2D eigenvalue weighted by atomic mass is 16.6. The predicted octanol–water partition coefficient (Wildman–Crippen LogP) is 2.22. The van der Waals surface area contributed by atoms with E-state index in [0.29, 0.717) is 37.0 Å². The minimum atomic E-state index is -0.152. The van der Waals surface area contributed by atoms with Crippen molar-refractivity contribution >= 4 is 12.0 Å². The molecule has 1 aliphatic rings. The number of benzene rings is 2. The highest BCUT2D eigenvalue weighted by Gasteiger charge is 2.17. The van der Waals surface area contributed by atoms with Gasteiger partial charge in [0.15, 0.2) is 11.5 Å². The highest BCUT2D eigenvalue weighted by molar-refractivity contribution is 5.91. The minimum absolute atomic E-state index is 0.152. The number of fused-ring (bicyclic) bond motifs is 1. The Morgan fingerprint density at radius 2 is 1.80 bits per heavy atom. The van der Waals surface area contributed by atoms with Crippen molar-refractivity contribution in [1.82, 2.24) is 5.32 Å². The number of carbonyl (C=O) groups excluding carboxylic acids is 1. The molecule has 1 aliphatic heterocycles. The second-order valence-corrected chi connectivity index (χ2v) is 7.25. The SMILES string of the molecule is CC[NH+](CC)Cc1ccc(CNC(=O)/C=C/c2cc(OC)c3c(c2)OCCO3)cc1.